The Labute approximate surface area is 103 Å². The van der Waals surface area contributed by atoms with Crippen molar-refractivity contribution in [1.29, 1.82) is 0 Å². The quantitative estimate of drug-likeness (QED) is 0.820. The molecule has 0 aromatic carbocycles. The predicted molar refractivity (Wildman–Crippen MR) is 65.6 cm³/mol. The number of hydrogen-bond donors (Lipinski definition) is 1. The molecular formula is C13H23NO3. The zero-order chi connectivity index (χ0) is 13.0. The molecule has 1 aliphatic heterocycles. The van der Waals surface area contributed by atoms with Gasteiger partial charge in [-0.3, -0.25) is 4.79 Å². The van der Waals surface area contributed by atoms with E-state index < -0.39 is 12.0 Å². The van der Waals surface area contributed by atoms with Crippen molar-refractivity contribution in [3.8, 4) is 0 Å². The Hall–Kier alpha value is -1.06. The van der Waals surface area contributed by atoms with E-state index in [4.69, 9.17) is 5.11 Å². The Kier molecular flexibility index (Phi) is 4.97. The van der Waals surface area contributed by atoms with Crippen LogP contribution in [0.3, 0.4) is 0 Å². The smallest absolute Gasteiger partial charge is 0.326 e. The summed E-state index contributed by atoms with van der Waals surface area (Å²) in [5, 5.41) is 9.11. The van der Waals surface area contributed by atoms with Crippen molar-refractivity contribution in [1.82, 2.24) is 4.90 Å². The van der Waals surface area contributed by atoms with Crippen molar-refractivity contribution in [2.24, 2.45) is 11.8 Å². The third-order valence-electron chi connectivity index (χ3n) is 3.74. The van der Waals surface area contributed by atoms with Crippen LogP contribution >= 0.6 is 0 Å². The SMILES string of the molecule is CC(C)C(C)CC(=O)N1CCCCC1C(=O)O. The van der Waals surface area contributed by atoms with Crippen molar-refractivity contribution in [2.75, 3.05) is 6.54 Å². The van der Waals surface area contributed by atoms with Gasteiger partial charge in [0.15, 0.2) is 0 Å². The van der Waals surface area contributed by atoms with Gasteiger partial charge in [0.2, 0.25) is 5.91 Å². The zero-order valence-corrected chi connectivity index (χ0v) is 11.0. The number of carboxylic acid groups (broad SMARTS) is 1. The number of likely N-dealkylation sites (tertiary alicyclic amines) is 1. The average Bonchev–Trinajstić information content (AvgIpc) is 2.28. The van der Waals surface area contributed by atoms with Crippen LogP contribution in [0.5, 0.6) is 0 Å². The maximum absolute atomic E-state index is 12.1. The molecule has 2 unspecified atom stereocenters. The van der Waals surface area contributed by atoms with Crippen molar-refractivity contribution >= 4 is 11.9 Å². The zero-order valence-electron chi connectivity index (χ0n) is 11.0. The van der Waals surface area contributed by atoms with E-state index in [9.17, 15) is 9.59 Å². The lowest BCUT2D eigenvalue weighted by Crippen LogP contribution is -2.48. The largest absolute Gasteiger partial charge is 0.480 e. The molecule has 17 heavy (non-hydrogen) atoms. The number of piperidine rings is 1. The lowest BCUT2D eigenvalue weighted by Gasteiger charge is -2.34. The number of nitrogens with zero attached hydrogens (tertiary/aromatic N) is 1. The highest BCUT2D eigenvalue weighted by molar-refractivity contribution is 5.84. The number of carbonyl (C=O) groups excluding carboxylic acids is 1. The Morgan fingerprint density at radius 3 is 2.47 bits per heavy atom. The molecule has 0 bridgehead atoms. The van der Waals surface area contributed by atoms with Crippen molar-refractivity contribution in [3.05, 3.63) is 0 Å². The van der Waals surface area contributed by atoms with Gasteiger partial charge in [0.05, 0.1) is 0 Å². The molecule has 1 saturated heterocycles. The maximum Gasteiger partial charge on any atom is 0.326 e. The number of amides is 1. The summed E-state index contributed by atoms with van der Waals surface area (Å²) >= 11 is 0. The van der Waals surface area contributed by atoms with Crippen LogP contribution in [-0.4, -0.2) is 34.5 Å². The Bertz CT molecular complexity index is 288. The van der Waals surface area contributed by atoms with Gasteiger partial charge in [0.25, 0.3) is 0 Å². The molecule has 1 rings (SSSR count). The van der Waals surface area contributed by atoms with Crippen LogP contribution in [0.15, 0.2) is 0 Å². The molecular weight excluding hydrogens is 218 g/mol. The van der Waals surface area contributed by atoms with E-state index >= 15 is 0 Å². The van der Waals surface area contributed by atoms with Gasteiger partial charge in [-0.05, 0) is 31.1 Å². The molecule has 0 radical (unpaired) electrons. The van der Waals surface area contributed by atoms with Crippen LogP contribution < -0.4 is 0 Å². The molecule has 0 aromatic heterocycles. The Morgan fingerprint density at radius 2 is 1.94 bits per heavy atom. The summed E-state index contributed by atoms with van der Waals surface area (Å²) < 4.78 is 0. The molecule has 1 amide bonds. The second-order valence-corrected chi connectivity index (χ2v) is 5.36. The number of rotatable bonds is 4. The minimum atomic E-state index is -0.866. The molecule has 2 atom stereocenters. The summed E-state index contributed by atoms with van der Waals surface area (Å²) in [6.45, 7) is 6.81. The van der Waals surface area contributed by atoms with Crippen LogP contribution in [0, 0.1) is 11.8 Å². The van der Waals surface area contributed by atoms with Crippen LogP contribution in [0.2, 0.25) is 0 Å². The molecule has 0 aliphatic carbocycles. The van der Waals surface area contributed by atoms with Crippen LogP contribution in [0.4, 0.5) is 0 Å². The molecule has 98 valence electrons. The molecule has 0 saturated carbocycles. The van der Waals surface area contributed by atoms with Gasteiger partial charge in [-0.2, -0.15) is 0 Å². The van der Waals surface area contributed by atoms with E-state index in [2.05, 4.69) is 13.8 Å². The van der Waals surface area contributed by atoms with Gasteiger partial charge in [-0.25, -0.2) is 4.79 Å². The molecule has 1 aliphatic rings. The highest BCUT2D eigenvalue weighted by Gasteiger charge is 2.32. The summed E-state index contributed by atoms with van der Waals surface area (Å²) in [4.78, 5) is 24.7. The van der Waals surface area contributed by atoms with E-state index in [1.807, 2.05) is 6.92 Å². The van der Waals surface area contributed by atoms with Gasteiger partial charge in [0.1, 0.15) is 6.04 Å². The van der Waals surface area contributed by atoms with E-state index in [-0.39, 0.29) is 5.91 Å². The summed E-state index contributed by atoms with van der Waals surface area (Å²) in [6.07, 6.45) is 2.88. The average molecular weight is 241 g/mol. The standard InChI is InChI=1S/C13H23NO3/c1-9(2)10(3)8-12(15)14-7-5-4-6-11(14)13(16)17/h9-11H,4-8H2,1-3H3,(H,16,17). The summed E-state index contributed by atoms with van der Waals surface area (Å²) in [7, 11) is 0. The molecule has 0 aromatic rings. The van der Waals surface area contributed by atoms with E-state index in [0.29, 0.717) is 31.2 Å². The van der Waals surface area contributed by atoms with Crippen molar-refractivity contribution in [2.45, 2.75) is 52.5 Å². The predicted octanol–water partition coefficient (Wildman–Crippen LogP) is 2.13. The molecule has 1 N–H and O–H groups in total. The van der Waals surface area contributed by atoms with E-state index in [1.54, 1.807) is 4.90 Å². The summed E-state index contributed by atoms with van der Waals surface area (Å²) in [5.74, 6) is -0.112. The third kappa shape index (κ3) is 3.72. The molecule has 1 heterocycles. The van der Waals surface area contributed by atoms with Crippen LogP contribution in [0.1, 0.15) is 46.5 Å². The van der Waals surface area contributed by atoms with Crippen molar-refractivity contribution < 1.29 is 14.7 Å². The number of carboxylic acids is 1. The Morgan fingerprint density at radius 1 is 1.29 bits per heavy atom. The second kappa shape index (κ2) is 6.03. The first-order valence-corrected chi connectivity index (χ1v) is 6.45. The van der Waals surface area contributed by atoms with Crippen LogP contribution in [-0.2, 0) is 9.59 Å². The number of aliphatic carboxylic acids is 1. The van der Waals surface area contributed by atoms with Crippen LogP contribution in [0.25, 0.3) is 0 Å². The number of hydrogen-bond acceptors (Lipinski definition) is 2. The second-order valence-electron chi connectivity index (χ2n) is 5.36. The maximum atomic E-state index is 12.1. The van der Waals surface area contributed by atoms with Gasteiger partial charge >= 0.3 is 5.97 Å². The first-order valence-electron chi connectivity index (χ1n) is 6.45. The fraction of sp³-hybridized carbons (Fsp3) is 0.846. The molecule has 4 heteroatoms. The highest BCUT2D eigenvalue weighted by atomic mass is 16.4. The summed E-state index contributed by atoms with van der Waals surface area (Å²) in [5.41, 5.74) is 0. The topological polar surface area (TPSA) is 57.6 Å². The summed E-state index contributed by atoms with van der Waals surface area (Å²) in [6, 6.07) is -0.601. The molecule has 1 fully saturated rings. The van der Waals surface area contributed by atoms with E-state index in [1.165, 1.54) is 0 Å². The number of carbonyl (C=O) groups is 2. The first kappa shape index (κ1) is 14.0. The minimum Gasteiger partial charge on any atom is -0.480 e. The molecule has 4 nitrogen and oxygen atoms in total. The first-order chi connectivity index (χ1) is 7.93. The highest BCUT2D eigenvalue weighted by Crippen LogP contribution is 2.21. The normalized spacial score (nSPS) is 22.6. The monoisotopic (exact) mass is 241 g/mol. The lowest BCUT2D eigenvalue weighted by atomic mass is 9.93. The van der Waals surface area contributed by atoms with E-state index in [0.717, 1.165) is 12.8 Å². The van der Waals surface area contributed by atoms with Gasteiger partial charge in [0, 0.05) is 13.0 Å². The van der Waals surface area contributed by atoms with Gasteiger partial charge in [-0.15, -0.1) is 0 Å². The van der Waals surface area contributed by atoms with Crippen molar-refractivity contribution in [3.63, 3.8) is 0 Å². The lowest BCUT2D eigenvalue weighted by molar-refractivity contribution is -0.152. The van der Waals surface area contributed by atoms with Gasteiger partial charge in [-0.1, -0.05) is 20.8 Å². The fourth-order valence-corrected chi connectivity index (χ4v) is 2.12. The third-order valence-corrected chi connectivity index (χ3v) is 3.74. The van der Waals surface area contributed by atoms with Gasteiger partial charge < -0.3 is 10.0 Å². The Balaban J connectivity index is 2.62. The minimum absolute atomic E-state index is 0.00157. The molecule has 0 spiro atoms. The fourth-order valence-electron chi connectivity index (χ4n) is 2.12.